The van der Waals surface area contributed by atoms with Crippen LogP contribution in [0.1, 0.15) is 34.1 Å². The molecule has 15 heavy (non-hydrogen) atoms. The van der Waals surface area contributed by atoms with Gasteiger partial charge in [-0.05, 0) is 27.4 Å². The van der Waals surface area contributed by atoms with Gasteiger partial charge in [-0.25, -0.2) is 0 Å². The average molecular weight is 230 g/mol. The molecule has 1 saturated heterocycles. The van der Waals surface area contributed by atoms with Crippen molar-refractivity contribution in [1.82, 2.24) is 0 Å². The number of ether oxygens (including phenoxy) is 3. The molecule has 3 nitrogen and oxygen atoms in total. The van der Waals surface area contributed by atoms with Gasteiger partial charge in [0.2, 0.25) is 5.79 Å². The first-order valence-electron chi connectivity index (χ1n) is 5.26. The topological polar surface area (TPSA) is 27.7 Å². The zero-order valence-electron chi connectivity index (χ0n) is 10.0. The van der Waals surface area contributed by atoms with Gasteiger partial charge in [-0.1, -0.05) is 8.58 Å². The largest absolute Gasteiger partial charge is 0.467 e. The van der Waals surface area contributed by atoms with Crippen LogP contribution in [0.2, 0.25) is 0 Å². The zero-order chi connectivity index (χ0) is 11.3. The molecule has 4 atom stereocenters. The molecule has 4 heteroatoms. The standard InChI is InChI=1S/C11H19O3P/c1-8-6-9(2)13-10(3,12-8)7-11(4,14-9)15-5/h6,15H,7H2,1-5H3. The highest BCUT2D eigenvalue weighted by Crippen LogP contribution is 2.51. The van der Waals surface area contributed by atoms with Gasteiger partial charge in [0.05, 0.1) is 11.1 Å². The number of hydrogen-bond donors (Lipinski definition) is 0. The van der Waals surface area contributed by atoms with Gasteiger partial charge in [0.25, 0.3) is 0 Å². The van der Waals surface area contributed by atoms with Crippen LogP contribution >= 0.6 is 8.58 Å². The Morgan fingerprint density at radius 3 is 2.47 bits per heavy atom. The van der Waals surface area contributed by atoms with Gasteiger partial charge in [-0.2, -0.15) is 0 Å². The third kappa shape index (κ3) is 2.06. The maximum Gasteiger partial charge on any atom is 0.213 e. The van der Waals surface area contributed by atoms with Crippen molar-refractivity contribution < 1.29 is 14.2 Å². The summed E-state index contributed by atoms with van der Waals surface area (Å²) in [6.07, 6.45) is 2.68. The van der Waals surface area contributed by atoms with E-state index in [2.05, 4.69) is 13.6 Å². The summed E-state index contributed by atoms with van der Waals surface area (Å²) in [5.74, 6) is -0.288. The minimum absolute atomic E-state index is 0.140. The fourth-order valence-corrected chi connectivity index (χ4v) is 3.38. The van der Waals surface area contributed by atoms with E-state index in [-0.39, 0.29) is 5.34 Å². The molecule has 2 aliphatic rings. The van der Waals surface area contributed by atoms with E-state index < -0.39 is 11.6 Å². The predicted molar refractivity (Wildman–Crippen MR) is 61.1 cm³/mol. The van der Waals surface area contributed by atoms with Crippen LogP contribution in [0.4, 0.5) is 0 Å². The molecule has 0 aromatic rings. The van der Waals surface area contributed by atoms with E-state index in [4.69, 9.17) is 14.2 Å². The highest BCUT2D eigenvalue weighted by molar-refractivity contribution is 7.38. The summed E-state index contributed by atoms with van der Waals surface area (Å²) in [5, 5.41) is -0.140. The van der Waals surface area contributed by atoms with Crippen molar-refractivity contribution >= 4 is 8.58 Å². The molecule has 0 spiro atoms. The van der Waals surface area contributed by atoms with Crippen LogP contribution in [0, 0.1) is 0 Å². The van der Waals surface area contributed by atoms with Crippen molar-refractivity contribution in [3.8, 4) is 0 Å². The third-order valence-electron chi connectivity index (χ3n) is 2.88. The van der Waals surface area contributed by atoms with Crippen LogP contribution in [-0.2, 0) is 14.2 Å². The first kappa shape index (κ1) is 11.4. The number of allylic oxidation sites excluding steroid dienone is 1. The summed E-state index contributed by atoms with van der Waals surface area (Å²) in [7, 11) is 0.711. The maximum atomic E-state index is 6.05. The molecule has 0 aromatic carbocycles. The van der Waals surface area contributed by atoms with Gasteiger partial charge >= 0.3 is 0 Å². The summed E-state index contributed by atoms with van der Waals surface area (Å²) in [5.41, 5.74) is 0. The second-order valence-electron chi connectivity index (χ2n) is 4.87. The summed E-state index contributed by atoms with van der Waals surface area (Å²) in [6.45, 7) is 10.2. The highest BCUT2D eigenvalue weighted by atomic mass is 31.1. The maximum absolute atomic E-state index is 6.05. The van der Waals surface area contributed by atoms with Gasteiger partial charge in [0.15, 0.2) is 5.79 Å². The Kier molecular flexibility index (Phi) is 2.42. The molecule has 2 aliphatic heterocycles. The lowest BCUT2D eigenvalue weighted by atomic mass is 10.0. The van der Waals surface area contributed by atoms with Crippen LogP contribution in [0.5, 0.6) is 0 Å². The molecule has 2 bridgehead atoms. The van der Waals surface area contributed by atoms with Crippen LogP contribution < -0.4 is 0 Å². The molecule has 2 heterocycles. The molecule has 0 radical (unpaired) electrons. The smallest absolute Gasteiger partial charge is 0.213 e. The lowest BCUT2D eigenvalue weighted by Crippen LogP contribution is -2.58. The van der Waals surface area contributed by atoms with E-state index in [1.165, 1.54) is 0 Å². The van der Waals surface area contributed by atoms with Crippen molar-refractivity contribution in [1.29, 1.82) is 0 Å². The molecule has 86 valence electrons. The van der Waals surface area contributed by atoms with E-state index in [0.29, 0.717) is 8.58 Å². The van der Waals surface area contributed by atoms with E-state index in [1.54, 1.807) is 0 Å². The Labute approximate surface area is 92.9 Å². The van der Waals surface area contributed by atoms with Gasteiger partial charge in [-0.15, -0.1) is 0 Å². The number of hydrogen-bond acceptors (Lipinski definition) is 3. The molecule has 0 N–H and O–H groups in total. The normalized spacial score (nSPS) is 50.3. The zero-order valence-corrected chi connectivity index (χ0v) is 11.0. The first-order valence-corrected chi connectivity index (χ1v) is 6.76. The van der Waals surface area contributed by atoms with Gasteiger partial charge in [0.1, 0.15) is 0 Å². The summed E-state index contributed by atoms with van der Waals surface area (Å²) in [6, 6.07) is 0. The Morgan fingerprint density at radius 2 is 1.93 bits per heavy atom. The van der Waals surface area contributed by atoms with Crippen molar-refractivity contribution in [3.05, 3.63) is 11.8 Å². The molecular weight excluding hydrogens is 211 g/mol. The summed E-state index contributed by atoms with van der Waals surface area (Å²) >= 11 is 0. The van der Waals surface area contributed by atoms with Gasteiger partial charge in [0, 0.05) is 19.4 Å². The monoisotopic (exact) mass is 230 g/mol. The molecule has 0 saturated carbocycles. The van der Waals surface area contributed by atoms with Crippen LogP contribution in [0.15, 0.2) is 11.8 Å². The Balaban J connectivity index is 2.37. The Bertz CT molecular complexity index is 317. The molecular formula is C11H19O3P. The summed E-state index contributed by atoms with van der Waals surface area (Å²) < 4.78 is 17.7. The van der Waals surface area contributed by atoms with Crippen molar-refractivity contribution in [3.63, 3.8) is 0 Å². The van der Waals surface area contributed by atoms with Crippen LogP contribution in [0.25, 0.3) is 0 Å². The molecule has 1 fully saturated rings. The fourth-order valence-electron chi connectivity index (χ4n) is 2.58. The van der Waals surface area contributed by atoms with Crippen LogP contribution in [-0.4, -0.2) is 23.6 Å². The van der Waals surface area contributed by atoms with E-state index in [1.807, 2.05) is 26.8 Å². The van der Waals surface area contributed by atoms with Crippen molar-refractivity contribution in [2.75, 3.05) is 6.66 Å². The predicted octanol–water partition coefficient (Wildman–Crippen LogP) is 2.81. The molecule has 0 aliphatic carbocycles. The molecule has 0 aromatic heterocycles. The lowest BCUT2D eigenvalue weighted by molar-refractivity contribution is -0.393. The minimum Gasteiger partial charge on any atom is -0.467 e. The minimum atomic E-state index is -0.632. The highest BCUT2D eigenvalue weighted by Gasteiger charge is 2.53. The average Bonchev–Trinajstić information content (AvgIpc) is 1.96. The quantitative estimate of drug-likeness (QED) is 0.648. The van der Waals surface area contributed by atoms with Crippen molar-refractivity contribution in [2.24, 2.45) is 0 Å². The number of fused-ring (bicyclic) bond motifs is 2. The van der Waals surface area contributed by atoms with E-state index in [9.17, 15) is 0 Å². The summed E-state index contributed by atoms with van der Waals surface area (Å²) in [4.78, 5) is 0. The van der Waals surface area contributed by atoms with Gasteiger partial charge in [-0.3, -0.25) is 0 Å². The van der Waals surface area contributed by atoms with Gasteiger partial charge < -0.3 is 14.2 Å². The fraction of sp³-hybridized carbons (Fsp3) is 0.818. The molecule has 4 unspecified atom stereocenters. The second-order valence-corrected chi connectivity index (χ2v) is 6.43. The Hall–Kier alpha value is -0.110. The lowest BCUT2D eigenvalue weighted by Gasteiger charge is -2.53. The van der Waals surface area contributed by atoms with E-state index in [0.717, 1.165) is 12.2 Å². The third-order valence-corrected chi connectivity index (χ3v) is 4.21. The molecule has 2 rings (SSSR count). The van der Waals surface area contributed by atoms with Crippen LogP contribution in [0.3, 0.4) is 0 Å². The van der Waals surface area contributed by atoms with E-state index >= 15 is 0 Å². The Morgan fingerprint density at radius 1 is 1.27 bits per heavy atom. The second kappa shape index (κ2) is 3.19. The first-order chi connectivity index (χ1) is 6.78. The molecule has 0 amide bonds. The SMILES string of the molecule is CPC1(C)CC2(C)OC(C)=CC(C)(O2)O1. The van der Waals surface area contributed by atoms with Crippen molar-refractivity contribution in [2.45, 2.75) is 51.0 Å². The number of rotatable bonds is 1.